The Morgan fingerprint density at radius 1 is 0.300 bits per heavy atom. The van der Waals surface area contributed by atoms with E-state index in [2.05, 4.69) is 72.8 Å². The van der Waals surface area contributed by atoms with Crippen molar-refractivity contribution in [1.29, 1.82) is 0 Å². The first-order chi connectivity index (χ1) is 24.8. The molecule has 0 aliphatic carbocycles. The Morgan fingerprint density at radius 3 is 1.48 bits per heavy atom. The van der Waals surface area contributed by atoms with Crippen LogP contribution in [0.5, 0.6) is 0 Å². The summed E-state index contributed by atoms with van der Waals surface area (Å²) in [6, 6.07) is 55.7. The maximum absolute atomic E-state index is 6.45. The fourth-order valence-corrected chi connectivity index (χ4v) is 6.99. The zero-order chi connectivity index (χ0) is 33.0. The van der Waals surface area contributed by atoms with Gasteiger partial charge in [-0.25, -0.2) is 15.0 Å². The third-order valence-electron chi connectivity index (χ3n) is 9.35. The largest absolute Gasteiger partial charge is 0.456 e. The molecule has 234 valence electrons. The van der Waals surface area contributed by atoms with Gasteiger partial charge in [-0.1, -0.05) is 127 Å². The minimum Gasteiger partial charge on any atom is -0.456 e. The summed E-state index contributed by atoms with van der Waals surface area (Å²) in [6.07, 6.45) is 0. The first-order valence-corrected chi connectivity index (χ1v) is 16.6. The van der Waals surface area contributed by atoms with Gasteiger partial charge in [-0.15, -0.1) is 0 Å². The fourth-order valence-electron chi connectivity index (χ4n) is 6.99. The molecule has 0 amide bonds. The van der Waals surface area contributed by atoms with Crippen LogP contribution in [0.4, 0.5) is 0 Å². The monoisotopic (exact) mass is 641 g/mol. The summed E-state index contributed by atoms with van der Waals surface area (Å²) in [5.74, 6) is 1.83. The van der Waals surface area contributed by atoms with E-state index in [0.29, 0.717) is 17.5 Å². The lowest BCUT2D eigenvalue weighted by Crippen LogP contribution is -2.00. The van der Waals surface area contributed by atoms with Crippen molar-refractivity contribution >= 4 is 43.9 Å². The summed E-state index contributed by atoms with van der Waals surface area (Å²) in [5, 5.41) is 4.18. The van der Waals surface area contributed by atoms with E-state index < -0.39 is 0 Å². The molecule has 0 spiro atoms. The normalized spacial score (nSPS) is 11.6. The zero-order valence-electron chi connectivity index (χ0n) is 26.7. The molecule has 0 saturated carbocycles. The average Bonchev–Trinajstić information content (AvgIpc) is 3.76. The van der Waals surface area contributed by atoms with Gasteiger partial charge < -0.3 is 8.83 Å². The molecule has 0 saturated heterocycles. The van der Waals surface area contributed by atoms with Crippen LogP contribution >= 0.6 is 0 Å². The number of benzene rings is 7. The van der Waals surface area contributed by atoms with Gasteiger partial charge in [0.2, 0.25) is 0 Å². The molecular formula is C45H27N3O2. The van der Waals surface area contributed by atoms with Gasteiger partial charge in [-0.3, -0.25) is 0 Å². The smallest absolute Gasteiger partial charge is 0.164 e. The van der Waals surface area contributed by atoms with Crippen LogP contribution in [0.2, 0.25) is 0 Å². The first kappa shape index (κ1) is 28.2. The lowest BCUT2D eigenvalue weighted by Gasteiger charge is -2.09. The average molecular weight is 642 g/mol. The second kappa shape index (κ2) is 11.4. The third-order valence-corrected chi connectivity index (χ3v) is 9.35. The molecule has 5 nitrogen and oxygen atoms in total. The standard InChI is InChI=1S/C45H27N3O2/c1-4-12-28(13-5-1)33-18-10-20-38-41(33)34-24-22-32(27-40(34)50-38)31-23-25-37-36(26-31)42-35(19-11-21-39(42)49-37)45-47-43(29-14-6-2-7-15-29)46-44(48-45)30-16-8-3-9-17-30/h1-27H. The molecule has 50 heavy (non-hydrogen) atoms. The Morgan fingerprint density at radius 2 is 0.820 bits per heavy atom. The molecular weight excluding hydrogens is 615 g/mol. The summed E-state index contributed by atoms with van der Waals surface area (Å²) in [5.41, 5.74) is 10.5. The van der Waals surface area contributed by atoms with Crippen molar-refractivity contribution < 1.29 is 8.83 Å². The molecule has 0 aliphatic rings. The number of hydrogen-bond donors (Lipinski definition) is 0. The molecule has 0 unspecified atom stereocenters. The second-order valence-corrected chi connectivity index (χ2v) is 12.4. The molecule has 0 bridgehead atoms. The Kier molecular flexibility index (Phi) is 6.42. The van der Waals surface area contributed by atoms with Crippen LogP contribution in [0.1, 0.15) is 0 Å². The summed E-state index contributed by atoms with van der Waals surface area (Å²) < 4.78 is 12.9. The predicted octanol–water partition coefficient (Wildman–Crippen LogP) is 12.0. The highest BCUT2D eigenvalue weighted by atomic mass is 16.3. The minimum absolute atomic E-state index is 0.592. The number of fused-ring (bicyclic) bond motifs is 6. The van der Waals surface area contributed by atoms with Gasteiger partial charge in [0.15, 0.2) is 17.5 Å². The van der Waals surface area contributed by atoms with Crippen molar-refractivity contribution in [3.8, 4) is 56.4 Å². The Balaban J connectivity index is 1.14. The summed E-state index contributed by atoms with van der Waals surface area (Å²) >= 11 is 0. The number of hydrogen-bond acceptors (Lipinski definition) is 5. The van der Waals surface area contributed by atoms with Gasteiger partial charge in [0.05, 0.1) is 0 Å². The number of nitrogens with zero attached hydrogens (tertiary/aromatic N) is 3. The highest BCUT2D eigenvalue weighted by Crippen LogP contribution is 2.41. The second-order valence-electron chi connectivity index (χ2n) is 12.4. The van der Waals surface area contributed by atoms with Gasteiger partial charge in [0.1, 0.15) is 22.3 Å². The third kappa shape index (κ3) is 4.67. The number of rotatable bonds is 5. The van der Waals surface area contributed by atoms with Gasteiger partial charge in [-0.05, 0) is 58.7 Å². The highest BCUT2D eigenvalue weighted by Gasteiger charge is 2.19. The highest BCUT2D eigenvalue weighted by molar-refractivity contribution is 6.14. The molecule has 0 atom stereocenters. The summed E-state index contributed by atoms with van der Waals surface area (Å²) in [7, 11) is 0. The zero-order valence-corrected chi connectivity index (χ0v) is 26.7. The fraction of sp³-hybridized carbons (Fsp3) is 0. The van der Waals surface area contributed by atoms with E-state index >= 15 is 0 Å². The lowest BCUT2D eigenvalue weighted by molar-refractivity contribution is 0.669. The first-order valence-electron chi connectivity index (χ1n) is 16.6. The number of aromatic nitrogens is 3. The van der Waals surface area contributed by atoms with Crippen LogP contribution in [0.25, 0.3) is 100 Å². The summed E-state index contributed by atoms with van der Waals surface area (Å²) in [6.45, 7) is 0. The quantitative estimate of drug-likeness (QED) is 0.187. The van der Waals surface area contributed by atoms with E-state index in [-0.39, 0.29) is 0 Å². The van der Waals surface area contributed by atoms with E-state index in [0.717, 1.165) is 77.3 Å². The van der Waals surface area contributed by atoms with Crippen molar-refractivity contribution in [3.63, 3.8) is 0 Å². The molecule has 0 aliphatic heterocycles. The van der Waals surface area contributed by atoms with Gasteiger partial charge in [0.25, 0.3) is 0 Å². The molecule has 3 aromatic heterocycles. The summed E-state index contributed by atoms with van der Waals surface area (Å²) in [4.78, 5) is 14.9. The van der Waals surface area contributed by atoms with E-state index in [1.54, 1.807) is 0 Å². The molecule has 0 radical (unpaired) electrons. The molecule has 0 fully saturated rings. The Hall–Kier alpha value is -6.85. The SMILES string of the molecule is c1ccc(-c2nc(-c3ccccc3)nc(-c3cccc4oc5ccc(-c6ccc7c(c6)oc6cccc(-c8ccccc8)c67)cc5c34)n2)cc1. The van der Waals surface area contributed by atoms with Gasteiger partial charge in [0, 0.05) is 38.2 Å². The molecule has 3 heterocycles. The van der Waals surface area contributed by atoms with E-state index in [9.17, 15) is 0 Å². The van der Waals surface area contributed by atoms with E-state index in [1.165, 1.54) is 5.56 Å². The molecule has 5 heteroatoms. The maximum atomic E-state index is 6.45. The molecule has 10 aromatic rings. The lowest BCUT2D eigenvalue weighted by atomic mass is 9.97. The van der Waals surface area contributed by atoms with Crippen molar-refractivity contribution in [3.05, 3.63) is 164 Å². The van der Waals surface area contributed by atoms with Crippen LogP contribution in [0, 0.1) is 0 Å². The molecule has 7 aromatic carbocycles. The van der Waals surface area contributed by atoms with Gasteiger partial charge in [-0.2, -0.15) is 0 Å². The van der Waals surface area contributed by atoms with Crippen LogP contribution in [-0.4, -0.2) is 15.0 Å². The van der Waals surface area contributed by atoms with Crippen molar-refractivity contribution in [2.45, 2.75) is 0 Å². The Bertz CT molecular complexity index is 2800. The van der Waals surface area contributed by atoms with Crippen molar-refractivity contribution in [1.82, 2.24) is 15.0 Å². The minimum atomic E-state index is 0.592. The van der Waals surface area contributed by atoms with E-state index in [1.807, 2.05) is 91.0 Å². The van der Waals surface area contributed by atoms with Crippen LogP contribution in [0.3, 0.4) is 0 Å². The molecule has 0 N–H and O–H groups in total. The predicted molar refractivity (Wildman–Crippen MR) is 202 cm³/mol. The Labute approximate surface area is 287 Å². The van der Waals surface area contributed by atoms with Crippen molar-refractivity contribution in [2.24, 2.45) is 0 Å². The van der Waals surface area contributed by atoms with Crippen LogP contribution in [0.15, 0.2) is 173 Å². The van der Waals surface area contributed by atoms with Crippen molar-refractivity contribution in [2.75, 3.05) is 0 Å². The topological polar surface area (TPSA) is 65.0 Å². The molecule has 10 rings (SSSR count). The van der Waals surface area contributed by atoms with Gasteiger partial charge >= 0.3 is 0 Å². The van der Waals surface area contributed by atoms with Crippen LogP contribution in [-0.2, 0) is 0 Å². The van der Waals surface area contributed by atoms with E-state index in [4.69, 9.17) is 23.8 Å². The maximum Gasteiger partial charge on any atom is 0.164 e. The van der Waals surface area contributed by atoms with Crippen LogP contribution < -0.4 is 0 Å². The number of furan rings is 2.